The zero-order valence-electron chi connectivity index (χ0n) is 14.2. The zero-order chi connectivity index (χ0) is 18.4. The number of para-hydroxylation sites is 1. The van der Waals surface area contributed by atoms with Crippen LogP contribution in [0.1, 0.15) is 23.2 Å². The molecule has 0 bridgehead atoms. The van der Waals surface area contributed by atoms with Gasteiger partial charge in [0.05, 0.1) is 11.3 Å². The number of aromatic nitrogens is 2. The third-order valence-corrected chi connectivity index (χ3v) is 4.66. The Kier molecular flexibility index (Phi) is 5.91. The van der Waals surface area contributed by atoms with Crippen LogP contribution in [0.15, 0.2) is 59.0 Å². The van der Waals surface area contributed by atoms with Gasteiger partial charge in [-0.25, -0.2) is 4.79 Å². The lowest BCUT2D eigenvalue weighted by Crippen LogP contribution is -2.14. The van der Waals surface area contributed by atoms with E-state index < -0.39 is 5.97 Å². The standard InChI is InChI=1S/C19H18N2O4S/c1-13(24-16-5-3-2-4-6-16)11-26-12-17-20-21-18(25-17)14-7-9-15(10-8-14)19(22)23/h2-10,13H,11-12H2,1H3,(H,22,23). The second-order valence-electron chi connectivity index (χ2n) is 5.64. The van der Waals surface area contributed by atoms with E-state index in [0.29, 0.717) is 23.1 Å². The quantitative estimate of drug-likeness (QED) is 0.638. The van der Waals surface area contributed by atoms with E-state index in [4.69, 9.17) is 14.3 Å². The molecule has 1 aromatic heterocycles. The molecule has 26 heavy (non-hydrogen) atoms. The fraction of sp³-hybridized carbons (Fsp3) is 0.211. The van der Waals surface area contributed by atoms with Crippen LogP contribution in [0.2, 0.25) is 0 Å². The lowest BCUT2D eigenvalue weighted by molar-refractivity contribution is 0.0697. The molecule has 1 N–H and O–H groups in total. The van der Waals surface area contributed by atoms with Crippen LogP contribution in [-0.2, 0) is 5.75 Å². The van der Waals surface area contributed by atoms with E-state index in [1.807, 2.05) is 37.3 Å². The fourth-order valence-corrected chi connectivity index (χ4v) is 3.07. The van der Waals surface area contributed by atoms with Gasteiger partial charge < -0.3 is 14.3 Å². The monoisotopic (exact) mass is 370 g/mol. The molecule has 0 spiro atoms. The van der Waals surface area contributed by atoms with Gasteiger partial charge in [0.1, 0.15) is 11.9 Å². The van der Waals surface area contributed by atoms with E-state index in [-0.39, 0.29) is 11.7 Å². The molecular weight excluding hydrogens is 352 g/mol. The van der Waals surface area contributed by atoms with Crippen LogP contribution in [0.5, 0.6) is 5.75 Å². The molecule has 1 atom stereocenters. The van der Waals surface area contributed by atoms with Gasteiger partial charge in [-0.2, -0.15) is 0 Å². The van der Waals surface area contributed by atoms with Gasteiger partial charge in [-0.05, 0) is 43.3 Å². The van der Waals surface area contributed by atoms with Crippen LogP contribution in [0.25, 0.3) is 11.5 Å². The number of rotatable bonds is 8. The van der Waals surface area contributed by atoms with Crippen molar-refractivity contribution < 1.29 is 19.1 Å². The third kappa shape index (κ3) is 4.86. The summed E-state index contributed by atoms with van der Waals surface area (Å²) in [6, 6.07) is 16.0. The van der Waals surface area contributed by atoms with Crippen molar-refractivity contribution in [2.45, 2.75) is 18.8 Å². The largest absolute Gasteiger partial charge is 0.490 e. The number of hydrogen-bond acceptors (Lipinski definition) is 6. The van der Waals surface area contributed by atoms with Crippen molar-refractivity contribution in [2.75, 3.05) is 5.75 Å². The highest BCUT2D eigenvalue weighted by Crippen LogP contribution is 2.21. The van der Waals surface area contributed by atoms with Crippen LogP contribution in [0.3, 0.4) is 0 Å². The van der Waals surface area contributed by atoms with Crippen molar-refractivity contribution in [3.05, 3.63) is 66.1 Å². The molecule has 0 amide bonds. The van der Waals surface area contributed by atoms with Gasteiger partial charge in [-0.15, -0.1) is 22.0 Å². The van der Waals surface area contributed by atoms with Crippen LogP contribution < -0.4 is 4.74 Å². The summed E-state index contributed by atoms with van der Waals surface area (Å²) in [5, 5.41) is 17.0. The number of carboxylic acids is 1. The molecular formula is C19H18N2O4S. The molecule has 2 aromatic carbocycles. The van der Waals surface area contributed by atoms with Crippen molar-refractivity contribution in [3.8, 4) is 17.2 Å². The minimum Gasteiger partial charge on any atom is -0.490 e. The molecule has 3 aromatic rings. The Hall–Kier alpha value is -2.80. The Morgan fingerprint density at radius 3 is 2.58 bits per heavy atom. The maximum Gasteiger partial charge on any atom is 0.335 e. The first-order valence-electron chi connectivity index (χ1n) is 8.07. The van der Waals surface area contributed by atoms with Crippen molar-refractivity contribution in [1.29, 1.82) is 0 Å². The second kappa shape index (κ2) is 8.53. The molecule has 134 valence electrons. The summed E-state index contributed by atoms with van der Waals surface area (Å²) in [6.07, 6.45) is 0.0633. The Balaban J connectivity index is 1.50. The highest BCUT2D eigenvalue weighted by Gasteiger charge is 2.11. The van der Waals surface area contributed by atoms with Crippen LogP contribution in [0, 0.1) is 0 Å². The first kappa shape index (κ1) is 18.0. The summed E-state index contributed by atoms with van der Waals surface area (Å²) in [4.78, 5) is 10.9. The van der Waals surface area contributed by atoms with E-state index in [1.54, 1.807) is 23.9 Å². The van der Waals surface area contributed by atoms with Gasteiger partial charge in [0, 0.05) is 11.3 Å². The van der Waals surface area contributed by atoms with Gasteiger partial charge in [-0.1, -0.05) is 18.2 Å². The van der Waals surface area contributed by atoms with Crippen LogP contribution >= 0.6 is 11.8 Å². The number of aromatic carboxylic acids is 1. The summed E-state index contributed by atoms with van der Waals surface area (Å²) in [6.45, 7) is 2.02. The van der Waals surface area contributed by atoms with Gasteiger partial charge in [-0.3, -0.25) is 0 Å². The summed E-state index contributed by atoms with van der Waals surface area (Å²) in [7, 11) is 0. The van der Waals surface area contributed by atoms with Gasteiger partial charge in [0.2, 0.25) is 11.8 Å². The maximum atomic E-state index is 10.9. The van der Waals surface area contributed by atoms with Crippen molar-refractivity contribution in [1.82, 2.24) is 10.2 Å². The number of carboxylic acid groups (broad SMARTS) is 1. The fourth-order valence-electron chi connectivity index (χ4n) is 2.26. The average Bonchev–Trinajstić information content (AvgIpc) is 3.11. The molecule has 1 unspecified atom stereocenters. The average molecular weight is 370 g/mol. The second-order valence-corrected chi connectivity index (χ2v) is 6.67. The van der Waals surface area contributed by atoms with Gasteiger partial charge >= 0.3 is 5.97 Å². The summed E-state index contributed by atoms with van der Waals surface area (Å²) < 4.78 is 11.5. The van der Waals surface area contributed by atoms with E-state index in [1.165, 1.54) is 12.1 Å². The highest BCUT2D eigenvalue weighted by atomic mass is 32.2. The molecule has 1 heterocycles. The van der Waals surface area contributed by atoms with E-state index >= 15 is 0 Å². The third-order valence-electron chi connectivity index (χ3n) is 3.50. The van der Waals surface area contributed by atoms with Crippen LogP contribution in [0.4, 0.5) is 0 Å². The van der Waals surface area contributed by atoms with Crippen molar-refractivity contribution in [3.63, 3.8) is 0 Å². The Morgan fingerprint density at radius 2 is 1.88 bits per heavy atom. The van der Waals surface area contributed by atoms with Gasteiger partial charge in [0.15, 0.2) is 0 Å². The van der Waals surface area contributed by atoms with Gasteiger partial charge in [0.25, 0.3) is 0 Å². The minimum atomic E-state index is -0.967. The molecule has 0 saturated heterocycles. The predicted molar refractivity (Wildman–Crippen MR) is 99.4 cm³/mol. The zero-order valence-corrected chi connectivity index (χ0v) is 15.0. The summed E-state index contributed by atoms with van der Waals surface area (Å²) >= 11 is 1.65. The number of hydrogen-bond donors (Lipinski definition) is 1. The predicted octanol–water partition coefficient (Wildman–Crippen LogP) is 4.14. The number of nitrogens with zero attached hydrogens (tertiary/aromatic N) is 2. The van der Waals surface area contributed by atoms with E-state index in [0.717, 1.165) is 11.5 Å². The molecule has 0 aliphatic carbocycles. The summed E-state index contributed by atoms with van der Waals surface area (Å²) in [5.74, 6) is 2.17. The lowest BCUT2D eigenvalue weighted by atomic mass is 10.1. The molecule has 0 saturated carbocycles. The van der Waals surface area contributed by atoms with Crippen molar-refractivity contribution >= 4 is 17.7 Å². The number of thioether (sulfide) groups is 1. The normalized spacial score (nSPS) is 11.9. The maximum absolute atomic E-state index is 10.9. The van der Waals surface area contributed by atoms with Crippen molar-refractivity contribution in [2.24, 2.45) is 0 Å². The first-order valence-corrected chi connectivity index (χ1v) is 9.23. The summed E-state index contributed by atoms with van der Waals surface area (Å²) in [5.41, 5.74) is 0.913. The van der Waals surface area contributed by atoms with E-state index in [2.05, 4.69) is 10.2 Å². The van der Waals surface area contributed by atoms with E-state index in [9.17, 15) is 4.79 Å². The molecule has 0 aliphatic heterocycles. The molecule has 0 aliphatic rings. The Labute approximate surface area is 155 Å². The SMILES string of the molecule is CC(CSCc1nnc(-c2ccc(C(=O)O)cc2)o1)Oc1ccccc1. The number of ether oxygens (including phenoxy) is 1. The topological polar surface area (TPSA) is 85.5 Å². The number of carbonyl (C=O) groups is 1. The highest BCUT2D eigenvalue weighted by molar-refractivity contribution is 7.98. The number of benzene rings is 2. The Bertz CT molecular complexity index is 849. The molecule has 7 heteroatoms. The molecule has 0 fully saturated rings. The lowest BCUT2D eigenvalue weighted by Gasteiger charge is -2.13. The molecule has 3 rings (SSSR count). The first-order chi connectivity index (χ1) is 12.6. The minimum absolute atomic E-state index is 0.0633. The molecule has 6 nitrogen and oxygen atoms in total. The van der Waals surface area contributed by atoms with Crippen LogP contribution in [-0.4, -0.2) is 33.1 Å². The molecule has 0 radical (unpaired) electrons. The Morgan fingerprint density at radius 1 is 1.15 bits per heavy atom. The smallest absolute Gasteiger partial charge is 0.335 e.